The fraction of sp³-hybridized carbons (Fsp3) is 0.400. The van der Waals surface area contributed by atoms with Gasteiger partial charge in [0.15, 0.2) is 0 Å². The predicted molar refractivity (Wildman–Crippen MR) is 103 cm³/mol. The summed E-state index contributed by atoms with van der Waals surface area (Å²) in [6.45, 7) is 12.6. The van der Waals surface area contributed by atoms with E-state index in [2.05, 4.69) is 46.2 Å². The lowest BCUT2D eigenvalue weighted by molar-refractivity contribution is -0.154. The Morgan fingerprint density at radius 1 is 0.692 bits per heavy atom. The van der Waals surface area contributed by atoms with E-state index in [9.17, 15) is 4.57 Å². The van der Waals surface area contributed by atoms with Crippen LogP contribution in [0.4, 0.5) is 0 Å². The van der Waals surface area contributed by atoms with E-state index in [0.29, 0.717) is 0 Å². The first-order chi connectivity index (χ1) is 11.9. The zero-order chi connectivity index (χ0) is 19.6. The van der Waals surface area contributed by atoms with Gasteiger partial charge in [-0.25, -0.2) is 9.82 Å². The van der Waals surface area contributed by atoms with Crippen molar-refractivity contribution in [3.63, 3.8) is 0 Å². The van der Waals surface area contributed by atoms with Gasteiger partial charge in [-0.2, -0.15) is 0 Å². The monoisotopic (exact) mass is 378 g/mol. The third-order valence-corrected chi connectivity index (χ3v) is 5.04. The summed E-state index contributed by atoms with van der Waals surface area (Å²) in [4.78, 5) is 0. The number of phosphoric acid groups is 1. The molecule has 0 spiro atoms. The Labute approximate surface area is 155 Å². The van der Waals surface area contributed by atoms with Crippen LogP contribution in [-0.2, 0) is 20.1 Å². The van der Waals surface area contributed by atoms with Gasteiger partial charge in [-0.3, -0.25) is 0 Å². The molecule has 142 valence electrons. The van der Waals surface area contributed by atoms with E-state index < -0.39 is 7.82 Å². The molecule has 2 aromatic carbocycles. The molecular formula is C20H27O5P. The van der Waals surface area contributed by atoms with Crippen molar-refractivity contribution in [3.05, 3.63) is 59.7 Å². The molecule has 0 aliphatic carbocycles. The lowest BCUT2D eigenvalue weighted by Crippen LogP contribution is -2.11. The molecule has 0 atom stereocenters. The fourth-order valence-corrected chi connectivity index (χ4v) is 3.21. The smallest absolute Gasteiger partial charge is 0.394 e. The zero-order valence-electron chi connectivity index (χ0n) is 16.1. The standard InChI is InChI=1S/C20H27O5P/c1-19(2,3)15-7-11-17(12-8-15)23-26(22,25-21)24-18-13-9-16(10-14-18)20(4,5)6/h7-14,21H,1-6H3. The van der Waals surface area contributed by atoms with Gasteiger partial charge in [-0.1, -0.05) is 65.8 Å². The van der Waals surface area contributed by atoms with Crippen LogP contribution < -0.4 is 9.05 Å². The van der Waals surface area contributed by atoms with Gasteiger partial charge < -0.3 is 9.05 Å². The molecule has 0 bridgehead atoms. The average Bonchev–Trinajstić information content (AvgIpc) is 2.54. The van der Waals surface area contributed by atoms with Gasteiger partial charge in [0.25, 0.3) is 0 Å². The summed E-state index contributed by atoms with van der Waals surface area (Å²) < 4.78 is 27.2. The molecule has 1 N–H and O–H groups in total. The molecule has 0 radical (unpaired) electrons. The minimum absolute atomic E-state index is 0.0129. The lowest BCUT2D eigenvalue weighted by Gasteiger charge is -2.21. The Balaban J connectivity index is 2.14. The highest BCUT2D eigenvalue weighted by molar-refractivity contribution is 7.49. The summed E-state index contributed by atoms with van der Waals surface area (Å²) >= 11 is 0. The maximum absolute atomic E-state index is 12.6. The molecule has 0 heterocycles. The van der Waals surface area contributed by atoms with Crippen LogP contribution in [0.2, 0.25) is 0 Å². The maximum atomic E-state index is 12.6. The van der Waals surface area contributed by atoms with Crippen LogP contribution in [0.15, 0.2) is 48.5 Å². The van der Waals surface area contributed by atoms with Gasteiger partial charge in [0.1, 0.15) is 11.5 Å². The summed E-state index contributed by atoms with van der Waals surface area (Å²) in [6, 6.07) is 14.1. The first-order valence-corrected chi connectivity index (χ1v) is 9.92. The molecule has 0 amide bonds. The molecule has 2 aromatic rings. The molecule has 0 saturated heterocycles. The Morgan fingerprint density at radius 3 is 1.23 bits per heavy atom. The van der Waals surface area contributed by atoms with Crippen molar-refractivity contribution in [3.8, 4) is 11.5 Å². The minimum Gasteiger partial charge on any atom is -0.394 e. The molecule has 2 rings (SSSR count). The van der Waals surface area contributed by atoms with E-state index in [1.807, 2.05) is 24.3 Å². The van der Waals surface area contributed by atoms with Crippen LogP contribution >= 0.6 is 7.82 Å². The van der Waals surface area contributed by atoms with Crippen molar-refractivity contribution < 1.29 is 23.5 Å². The van der Waals surface area contributed by atoms with Crippen LogP contribution in [0.3, 0.4) is 0 Å². The first kappa shape index (κ1) is 20.5. The maximum Gasteiger partial charge on any atom is 0.615 e. The fourth-order valence-electron chi connectivity index (χ4n) is 2.34. The Morgan fingerprint density at radius 2 is 1.00 bits per heavy atom. The summed E-state index contributed by atoms with van der Waals surface area (Å²) in [5.74, 6) is 0.559. The van der Waals surface area contributed by atoms with Crippen molar-refractivity contribution in [2.24, 2.45) is 0 Å². The van der Waals surface area contributed by atoms with Gasteiger partial charge in [0.2, 0.25) is 0 Å². The van der Waals surface area contributed by atoms with E-state index in [-0.39, 0.29) is 22.3 Å². The van der Waals surface area contributed by atoms with Crippen molar-refractivity contribution in [2.45, 2.75) is 52.4 Å². The summed E-state index contributed by atoms with van der Waals surface area (Å²) in [5.41, 5.74) is 2.17. The van der Waals surface area contributed by atoms with Gasteiger partial charge in [0, 0.05) is 0 Å². The molecule has 0 unspecified atom stereocenters. The first-order valence-electron chi connectivity index (χ1n) is 8.46. The molecule has 26 heavy (non-hydrogen) atoms. The van der Waals surface area contributed by atoms with Gasteiger partial charge in [-0.05, 0) is 46.2 Å². The molecule has 0 aliphatic heterocycles. The van der Waals surface area contributed by atoms with Gasteiger partial charge >= 0.3 is 7.82 Å². The largest absolute Gasteiger partial charge is 0.615 e. The van der Waals surface area contributed by atoms with Crippen molar-refractivity contribution in [1.82, 2.24) is 0 Å². The quantitative estimate of drug-likeness (QED) is 0.374. The number of hydrogen-bond donors (Lipinski definition) is 1. The average molecular weight is 378 g/mol. The van der Waals surface area contributed by atoms with Crippen molar-refractivity contribution in [1.29, 1.82) is 0 Å². The van der Waals surface area contributed by atoms with Gasteiger partial charge in [0.05, 0.1) is 0 Å². The second kappa shape index (κ2) is 7.43. The molecular weight excluding hydrogens is 351 g/mol. The summed E-state index contributed by atoms with van der Waals surface area (Å²) in [5, 5.41) is 9.06. The zero-order valence-corrected chi connectivity index (χ0v) is 17.0. The summed E-state index contributed by atoms with van der Waals surface area (Å²) in [6.07, 6.45) is 0. The van der Waals surface area contributed by atoms with Crippen molar-refractivity contribution >= 4 is 7.82 Å². The third kappa shape index (κ3) is 5.34. The predicted octanol–water partition coefficient (Wildman–Crippen LogP) is 6.34. The number of rotatable bonds is 5. The molecule has 0 aromatic heterocycles. The van der Waals surface area contributed by atoms with E-state index >= 15 is 0 Å². The molecule has 0 fully saturated rings. The van der Waals surface area contributed by atoms with Crippen LogP contribution in [0.1, 0.15) is 52.7 Å². The van der Waals surface area contributed by atoms with E-state index in [4.69, 9.17) is 14.3 Å². The lowest BCUT2D eigenvalue weighted by atomic mass is 9.87. The highest BCUT2D eigenvalue weighted by atomic mass is 31.2. The van der Waals surface area contributed by atoms with Crippen molar-refractivity contribution in [2.75, 3.05) is 0 Å². The molecule has 0 saturated carbocycles. The topological polar surface area (TPSA) is 65.0 Å². The normalized spacial score (nSPS) is 12.7. The number of hydrogen-bond acceptors (Lipinski definition) is 5. The number of phosphoric ester groups is 1. The van der Waals surface area contributed by atoms with E-state index in [1.54, 1.807) is 24.3 Å². The second-order valence-electron chi connectivity index (χ2n) is 8.26. The van der Waals surface area contributed by atoms with Crippen LogP contribution in [0, 0.1) is 0 Å². The Bertz CT molecular complexity index is 704. The molecule has 0 aliphatic rings. The van der Waals surface area contributed by atoms with Crippen LogP contribution in [-0.4, -0.2) is 5.26 Å². The van der Waals surface area contributed by atoms with E-state index in [0.717, 1.165) is 11.1 Å². The Hall–Kier alpha value is -1.81. The number of benzene rings is 2. The highest BCUT2D eigenvalue weighted by Crippen LogP contribution is 2.49. The third-order valence-electron chi connectivity index (χ3n) is 3.98. The SMILES string of the molecule is CC(C)(C)c1ccc(OP(=O)(OO)Oc2ccc(C(C)(C)C)cc2)cc1. The van der Waals surface area contributed by atoms with Gasteiger partial charge in [-0.15, -0.1) is 4.67 Å². The summed E-state index contributed by atoms with van der Waals surface area (Å²) in [7, 11) is -4.20. The second-order valence-corrected chi connectivity index (χ2v) is 9.68. The van der Waals surface area contributed by atoms with Crippen LogP contribution in [0.25, 0.3) is 0 Å². The Kier molecular flexibility index (Phi) is 5.86. The highest BCUT2D eigenvalue weighted by Gasteiger charge is 2.31. The molecule has 5 nitrogen and oxygen atoms in total. The van der Waals surface area contributed by atoms with Crippen LogP contribution in [0.5, 0.6) is 11.5 Å². The minimum atomic E-state index is -4.20. The molecule has 6 heteroatoms. The van der Waals surface area contributed by atoms with E-state index in [1.165, 1.54) is 0 Å².